The lowest BCUT2D eigenvalue weighted by atomic mass is 9.81. The fourth-order valence-electron chi connectivity index (χ4n) is 4.20. The van der Waals surface area contributed by atoms with Crippen molar-refractivity contribution < 1.29 is 9.18 Å². The third kappa shape index (κ3) is 3.55. The molecule has 9 nitrogen and oxygen atoms in total. The number of aryl methyl sites for hydroxylation is 1. The molecular weight excluding hydrogens is 435 g/mol. The molecule has 1 aliphatic heterocycles. The van der Waals surface area contributed by atoms with Gasteiger partial charge in [-0.2, -0.15) is 0 Å². The Hall–Kier alpha value is -3.95. The first-order valence-corrected chi connectivity index (χ1v) is 11.0. The lowest BCUT2D eigenvalue weighted by molar-refractivity contribution is -0.119. The fraction of sp³-hybridized carbons (Fsp3) is 0.333. The summed E-state index contributed by atoms with van der Waals surface area (Å²) in [6.07, 6.45) is 8.10. The van der Waals surface area contributed by atoms with Gasteiger partial charge in [0.25, 0.3) is 0 Å². The zero-order valence-electron chi connectivity index (χ0n) is 19.4. The topological polar surface area (TPSA) is 124 Å². The van der Waals surface area contributed by atoms with Crippen LogP contribution in [0.5, 0.6) is 0 Å². The molecule has 0 saturated carbocycles. The summed E-state index contributed by atoms with van der Waals surface area (Å²) in [6.45, 7) is 8.22. The molecule has 0 bridgehead atoms. The number of hydrogen-bond donors (Lipinski definition) is 2. The van der Waals surface area contributed by atoms with Crippen molar-refractivity contribution in [2.75, 3.05) is 11.1 Å². The van der Waals surface area contributed by atoms with Gasteiger partial charge in [0.1, 0.15) is 28.6 Å². The predicted octanol–water partition coefficient (Wildman–Crippen LogP) is 3.54. The number of anilines is 2. The maximum absolute atomic E-state index is 13.4. The zero-order valence-corrected chi connectivity index (χ0v) is 19.4. The van der Waals surface area contributed by atoms with Crippen LogP contribution in [0.2, 0.25) is 0 Å². The second-order valence-electron chi connectivity index (χ2n) is 9.89. The van der Waals surface area contributed by atoms with E-state index in [4.69, 9.17) is 10.7 Å². The van der Waals surface area contributed by atoms with E-state index >= 15 is 0 Å². The molecule has 34 heavy (non-hydrogen) atoms. The van der Waals surface area contributed by atoms with E-state index in [-0.39, 0.29) is 17.1 Å². The van der Waals surface area contributed by atoms with Gasteiger partial charge in [0.15, 0.2) is 11.5 Å². The molecule has 3 N–H and O–H groups in total. The molecule has 1 aliphatic rings. The number of nitrogens with two attached hydrogens (primary N) is 1. The summed E-state index contributed by atoms with van der Waals surface area (Å²) >= 11 is 0. The number of nitrogens with one attached hydrogen (secondary N) is 1. The molecule has 5 heterocycles. The van der Waals surface area contributed by atoms with Crippen molar-refractivity contribution in [1.82, 2.24) is 29.3 Å². The van der Waals surface area contributed by atoms with Crippen molar-refractivity contribution >= 4 is 23.2 Å². The highest BCUT2D eigenvalue weighted by atomic mass is 19.1. The van der Waals surface area contributed by atoms with E-state index in [0.717, 1.165) is 30.4 Å². The number of rotatable bonds is 4. The standard InChI is InChI=1S/C24H25FN8O/c1-23(2,3)8-7-14-21-27-9-10-33(21)12-15(29-14)19-30-18(26)17-20(31-19)32-22(34)24(17,4)16-6-5-13(25)11-28-16/h5-6,9-12H,7-8H2,1-4H3,(H3,26,30,31,32,34). The molecule has 5 rings (SSSR count). The maximum atomic E-state index is 13.4. The predicted molar refractivity (Wildman–Crippen MR) is 125 cm³/mol. The molecule has 10 heteroatoms. The van der Waals surface area contributed by atoms with Gasteiger partial charge in [-0.25, -0.2) is 24.3 Å². The number of imidazole rings is 1. The van der Waals surface area contributed by atoms with Gasteiger partial charge in [-0.05, 0) is 37.3 Å². The third-order valence-electron chi connectivity index (χ3n) is 6.15. The molecule has 1 unspecified atom stereocenters. The minimum absolute atomic E-state index is 0.135. The second kappa shape index (κ2) is 7.54. The Balaban J connectivity index is 1.60. The van der Waals surface area contributed by atoms with Crippen LogP contribution >= 0.6 is 0 Å². The van der Waals surface area contributed by atoms with E-state index in [1.807, 2.05) is 10.6 Å². The van der Waals surface area contributed by atoms with Crippen molar-refractivity contribution in [3.8, 4) is 11.5 Å². The van der Waals surface area contributed by atoms with Crippen LogP contribution in [0.25, 0.3) is 17.2 Å². The van der Waals surface area contributed by atoms with Gasteiger partial charge in [0.05, 0.1) is 23.1 Å². The lowest BCUT2D eigenvalue weighted by Gasteiger charge is -2.22. The maximum Gasteiger partial charge on any atom is 0.242 e. The molecule has 0 radical (unpaired) electrons. The highest BCUT2D eigenvalue weighted by Crippen LogP contribution is 2.44. The molecule has 1 amide bonds. The molecule has 4 aromatic rings. The number of pyridine rings is 1. The van der Waals surface area contributed by atoms with Crippen LogP contribution in [-0.2, 0) is 16.6 Å². The van der Waals surface area contributed by atoms with Gasteiger partial charge in [-0.3, -0.25) is 9.78 Å². The number of aromatic nitrogens is 6. The molecule has 0 saturated heterocycles. The Morgan fingerprint density at radius 2 is 1.97 bits per heavy atom. The van der Waals surface area contributed by atoms with Crippen LogP contribution in [0.1, 0.15) is 51.1 Å². The number of nitrogen functional groups attached to an aromatic ring is 1. The summed E-state index contributed by atoms with van der Waals surface area (Å²) in [5.41, 5.74) is 8.17. The van der Waals surface area contributed by atoms with Crippen molar-refractivity contribution in [3.63, 3.8) is 0 Å². The van der Waals surface area contributed by atoms with Crippen molar-refractivity contribution in [2.24, 2.45) is 5.41 Å². The molecule has 174 valence electrons. The highest BCUT2D eigenvalue weighted by Gasteiger charge is 2.48. The van der Waals surface area contributed by atoms with E-state index in [2.05, 4.69) is 46.0 Å². The largest absolute Gasteiger partial charge is 0.383 e. The van der Waals surface area contributed by atoms with Crippen LogP contribution in [0.3, 0.4) is 0 Å². The van der Waals surface area contributed by atoms with Gasteiger partial charge in [-0.15, -0.1) is 0 Å². The summed E-state index contributed by atoms with van der Waals surface area (Å²) in [7, 11) is 0. The average molecular weight is 461 g/mol. The highest BCUT2D eigenvalue weighted by molar-refractivity contribution is 6.08. The Labute approximate surface area is 195 Å². The minimum atomic E-state index is -1.24. The number of hydrogen-bond acceptors (Lipinski definition) is 7. The Bertz CT molecular complexity index is 1420. The van der Waals surface area contributed by atoms with Gasteiger partial charge in [0, 0.05) is 18.6 Å². The van der Waals surface area contributed by atoms with E-state index < -0.39 is 11.2 Å². The first-order valence-electron chi connectivity index (χ1n) is 11.0. The Kier molecular flexibility index (Phi) is 4.85. The molecule has 1 atom stereocenters. The van der Waals surface area contributed by atoms with Crippen molar-refractivity contribution in [3.05, 3.63) is 59.7 Å². The van der Waals surface area contributed by atoms with Gasteiger partial charge >= 0.3 is 0 Å². The first kappa shape index (κ1) is 21.9. The number of carbonyl (C=O) groups is 1. The average Bonchev–Trinajstić information content (AvgIpc) is 3.35. The summed E-state index contributed by atoms with van der Waals surface area (Å²) in [5, 5.41) is 2.79. The summed E-state index contributed by atoms with van der Waals surface area (Å²) in [5.74, 6) is -0.126. The molecule has 4 aromatic heterocycles. The van der Waals surface area contributed by atoms with Gasteiger partial charge < -0.3 is 15.5 Å². The summed E-state index contributed by atoms with van der Waals surface area (Å²) < 4.78 is 15.3. The van der Waals surface area contributed by atoms with Crippen LogP contribution in [0.15, 0.2) is 36.9 Å². The molecule has 0 spiro atoms. The number of carbonyl (C=O) groups excluding carboxylic acids is 1. The monoisotopic (exact) mass is 460 g/mol. The van der Waals surface area contributed by atoms with Crippen LogP contribution in [-0.4, -0.2) is 35.2 Å². The van der Waals surface area contributed by atoms with Gasteiger partial charge in [-0.1, -0.05) is 20.8 Å². The van der Waals surface area contributed by atoms with Gasteiger partial charge in [0.2, 0.25) is 5.91 Å². The SMILES string of the molecule is CC(C)(C)CCc1nc(-c2nc(N)c3c(n2)NC(=O)C3(C)c2ccc(F)cn2)cn2ccnc12. The Morgan fingerprint density at radius 1 is 1.18 bits per heavy atom. The van der Waals surface area contributed by atoms with Crippen LogP contribution < -0.4 is 11.1 Å². The quantitative estimate of drug-likeness (QED) is 0.477. The normalized spacial score (nSPS) is 17.7. The summed E-state index contributed by atoms with van der Waals surface area (Å²) in [6, 6.07) is 2.72. The van der Waals surface area contributed by atoms with Crippen LogP contribution in [0, 0.1) is 11.2 Å². The van der Waals surface area contributed by atoms with E-state index in [1.54, 1.807) is 19.3 Å². The molecule has 0 fully saturated rings. The van der Waals surface area contributed by atoms with Crippen LogP contribution in [0.4, 0.5) is 16.0 Å². The summed E-state index contributed by atoms with van der Waals surface area (Å²) in [4.78, 5) is 35.5. The zero-order chi connectivity index (χ0) is 24.3. The Morgan fingerprint density at radius 3 is 2.68 bits per heavy atom. The minimum Gasteiger partial charge on any atom is -0.383 e. The fourth-order valence-corrected chi connectivity index (χ4v) is 4.20. The van der Waals surface area contributed by atoms with Crippen molar-refractivity contribution in [2.45, 2.75) is 46.0 Å². The first-order chi connectivity index (χ1) is 16.1. The molecule has 0 aromatic carbocycles. The second-order valence-corrected chi connectivity index (χ2v) is 9.89. The number of halogens is 1. The number of fused-ring (bicyclic) bond motifs is 2. The lowest BCUT2D eigenvalue weighted by Crippen LogP contribution is -2.34. The van der Waals surface area contributed by atoms with E-state index in [1.165, 1.54) is 12.1 Å². The third-order valence-corrected chi connectivity index (χ3v) is 6.15. The number of nitrogens with zero attached hydrogens (tertiary/aromatic N) is 6. The molecular formula is C24H25FN8O. The molecule has 0 aliphatic carbocycles. The number of amides is 1. The van der Waals surface area contributed by atoms with E-state index in [0.29, 0.717) is 28.6 Å². The van der Waals surface area contributed by atoms with Crippen molar-refractivity contribution in [1.29, 1.82) is 0 Å². The smallest absolute Gasteiger partial charge is 0.242 e. The van der Waals surface area contributed by atoms with E-state index in [9.17, 15) is 9.18 Å².